The Labute approximate surface area is 191 Å². The fraction of sp³-hybridized carbons (Fsp3) is 0.400. The third kappa shape index (κ3) is 3.67. The molecule has 1 aliphatic carbocycles. The van der Waals surface area contributed by atoms with E-state index in [1.807, 2.05) is 24.0 Å². The number of aromatic nitrogens is 2. The van der Waals surface area contributed by atoms with Crippen LogP contribution < -0.4 is 9.47 Å². The Hall–Kier alpha value is -3.29. The smallest absolute Gasteiger partial charge is 0.394 e. The normalized spacial score (nSPS) is 25.4. The van der Waals surface area contributed by atoms with Crippen molar-refractivity contribution in [1.29, 1.82) is 0 Å². The van der Waals surface area contributed by atoms with Gasteiger partial charge in [-0.05, 0) is 43.7 Å². The Balaban J connectivity index is 1.23. The van der Waals surface area contributed by atoms with Crippen molar-refractivity contribution in [3.8, 4) is 11.5 Å². The second-order valence-electron chi connectivity index (χ2n) is 9.46. The summed E-state index contributed by atoms with van der Waals surface area (Å²) >= 11 is 0. The van der Waals surface area contributed by atoms with Crippen molar-refractivity contribution in [2.45, 2.75) is 31.8 Å². The fourth-order valence-electron chi connectivity index (χ4n) is 5.24. The molecular weight excluding hydrogens is 426 g/mol. The summed E-state index contributed by atoms with van der Waals surface area (Å²) in [5.74, 6) is 1.36. The molecule has 0 saturated heterocycles. The van der Waals surface area contributed by atoms with E-state index < -0.39 is 6.11 Å². The lowest BCUT2D eigenvalue weighted by Gasteiger charge is -2.38. The van der Waals surface area contributed by atoms with Crippen molar-refractivity contribution in [3.63, 3.8) is 0 Å². The third-order valence-electron chi connectivity index (χ3n) is 6.94. The van der Waals surface area contributed by atoms with Gasteiger partial charge in [-0.15, -0.1) is 0 Å². The largest absolute Gasteiger partial charge is 0.493 e. The fourth-order valence-corrected chi connectivity index (χ4v) is 5.24. The van der Waals surface area contributed by atoms with E-state index in [0.29, 0.717) is 12.5 Å². The highest BCUT2D eigenvalue weighted by molar-refractivity contribution is 5.61. The highest BCUT2D eigenvalue weighted by atomic mass is 19.3. The third-order valence-corrected chi connectivity index (χ3v) is 6.94. The quantitative estimate of drug-likeness (QED) is 0.675. The highest BCUT2D eigenvalue weighted by Crippen LogP contribution is 2.60. The van der Waals surface area contributed by atoms with Gasteiger partial charge in [0.05, 0.1) is 30.0 Å². The Morgan fingerprint density at radius 2 is 2.06 bits per heavy atom. The van der Waals surface area contributed by atoms with Gasteiger partial charge in [0, 0.05) is 62.1 Å². The van der Waals surface area contributed by atoms with Gasteiger partial charge in [0.25, 0.3) is 0 Å². The number of fused-ring (bicyclic) bond motifs is 4. The van der Waals surface area contributed by atoms with Gasteiger partial charge in [-0.3, -0.25) is 0 Å². The monoisotopic (exact) mass is 452 g/mol. The van der Waals surface area contributed by atoms with Crippen LogP contribution in [0.15, 0.2) is 61.0 Å². The van der Waals surface area contributed by atoms with Crippen LogP contribution in [-0.4, -0.2) is 51.7 Å². The van der Waals surface area contributed by atoms with Crippen LogP contribution in [0.2, 0.25) is 0 Å². The number of hydrogen-bond acceptors (Lipinski definition) is 5. The first-order valence-electron chi connectivity index (χ1n) is 11.3. The zero-order chi connectivity index (χ0) is 22.8. The van der Waals surface area contributed by atoms with Crippen LogP contribution in [0.4, 0.5) is 8.78 Å². The topological polar surface area (TPSA) is 42.8 Å². The first-order valence-corrected chi connectivity index (χ1v) is 11.3. The number of rotatable bonds is 5. The molecule has 4 aliphatic rings. The maximum absolute atomic E-state index is 13.4. The number of imidazole rings is 1. The molecule has 3 aliphatic heterocycles. The summed E-state index contributed by atoms with van der Waals surface area (Å²) < 4.78 is 39.6. The molecule has 6 rings (SSSR count). The van der Waals surface area contributed by atoms with Crippen LogP contribution in [-0.2, 0) is 5.41 Å². The molecule has 2 atom stereocenters. The van der Waals surface area contributed by atoms with Crippen molar-refractivity contribution in [2.24, 2.45) is 5.92 Å². The van der Waals surface area contributed by atoms with Crippen molar-refractivity contribution in [3.05, 3.63) is 72.2 Å². The van der Waals surface area contributed by atoms with E-state index in [2.05, 4.69) is 39.3 Å². The predicted molar refractivity (Wildman–Crippen MR) is 120 cm³/mol. The molecule has 1 aromatic heterocycles. The maximum atomic E-state index is 13.4. The SMILES string of the molecule is Cc1cn(C2=CN3CCN(C[C@@]45C[C@@H]4COc4ccc(OC(C)(F)F)cc45)C=C3C=C2)cn1. The molecule has 33 heavy (non-hydrogen) atoms. The lowest BCUT2D eigenvalue weighted by Crippen LogP contribution is -2.41. The Morgan fingerprint density at radius 3 is 2.85 bits per heavy atom. The molecule has 4 heterocycles. The minimum atomic E-state index is -3.21. The van der Waals surface area contributed by atoms with Crippen LogP contribution in [0.1, 0.15) is 24.6 Å². The second-order valence-corrected chi connectivity index (χ2v) is 9.46. The summed E-state index contributed by atoms with van der Waals surface area (Å²) in [6.45, 7) is 6.01. The molecule has 6 nitrogen and oxygen atoms in total. The zero-order valence-electron chi connectivity index (χ0n) is 18.7. The first-order chi connectivity index (χ1) is 15.8. The van der Waals surface area contributed by atoms with E-state index in [-0.39, 0.29) is 11.2 Å². The minimum absolute atomic E-state index is 0.0804. The number of benzene rings is 1. The van der Waals surface area contributed by atoms with E-state index in [0.717, 1.165) is 61.4 Å². The van der Waals surface area contributed by atoms with Crippen LogP contribution in [0.5, 0.6) is 11.5 Å². The number of halogens is 2. The van der Waals surface area contributed by atoms with Crippen LogP contribution in [0.25, 0.3) is 5.70 Å². The number of nitrogens with zero attached hydrogens (tertiary/aromatic N) is 4. The molecule has 0 radical (unpaired) electrons. The molecule has 0 unspecified atom stereocenters. The molecular formula is C25H26F2N4O2. The lowest BCUT2D eigenvalue weighted by atomic mass is 9.89. The first kappa shape index (κ1) is 20.3. The summed E-state index contributed by atoms with van der Waals surface area (Å²) in [6, 6.07) is 5.07. The Morgan fingerprint density at radius 1 is 1.21 bits per heavy atom. The molecule has 0 bridgehead atoms. The summed E-state index contributed by atoms with van der Waals surface area (Å²) in [7, 11) is 0. The predicted octanol–water partition coefficient (Wildman–Crippen LogP) is 4.36. The van der Waals surface area contributed by atoms with Crippen LogP contribution >= 0.6 is 0 Å². The summed E-state index contributed by atoms with van der Waals surface area (Å²) in [5.41, 5.74) is 4.12. The number of alkyl halides is 2. The van der Waals surface area contributed by atoms with E-state index >= 15 is 0 Å². The number of allylic oxidation sites excluding steroid dienone is 3. The lowest BCUT2D eigenvalue weighted by molar-refractivity contribution is -0.159. The molecule has 1 aromatic carbocycles. The van der Waals surface area contributed by atoms with E-state index in [4.69, 9.17) is 9.47 Å². The summed E-state index contributed by atoms with van der Waals surface area (Å²) in [5, 5.41) is 0. The minimum Gasteiger partial charge on any atom is -0.493 e. The van der Waals surface area contributed by atoms with Crippen LogP contribution in [0.3, 0.4) is 0 Å². The number of hydrogen-bond donors (Lipinski definition) is 0. The van der Waals surface area contributed by atoms with Crippen molar-refractivity contribution < 1.29 is 18.3 Å². The second kappa shape index (κ2) is 7.10. The van der Waals surface area contributed by atoms with Gasteiger partial charge in [0.15, 0.2) is 0 Å². The summed E-state index contributed by atoms with van der Waals surface area (Å²) in [6.07, 6.45) is 10.2. The van der Waals surface area contributed by atoms with E-state index in [9.17, 15) is 8.78 Å². The Bertz CT molecular complexity index is 1200. The molecule has 0 N–H and O–H groups in total. The van der Waals surface area contributed by atoms with Gasteiger partial charge in [-0.1, -0.05) is 0 Å². The molecule has 0 spiro atoms. The number of aryl methyl sites for hydroxylation is 1. The number of ether oxygens (including phenoxy) is 2. The van der Waals surface area contributed by atoms with Gasteiger partial charge in [-0.2, -0.15) is 8.78 Å². The van der Waals surface area contributed by atoms with Crippen molar-refractivity contribution >= 4 is 5.70 Å². The van der Waals surface area contributed by atoms with Gasteiger partial charge in [0.2, 0.25) is 0 Å². The van der Waals surface area contributed by atoms with Crippen molar-refractivity contribution in [1.82, 2.24) is 19.4 Å². The van der Waals surface area contributed by atoms with Crippen LogP contribution in [0, 0.1) is 12.8 Å². The zero-order valence-corrected chi connectivity index (χ0v) is 18.7. The standard InChI is InChI=1S/C25H26F2N4O2/c1-17-11-31(16-28-17)20-4-3-19-12-29(7-8-30(19)13-20)15-25-10-18(25)14-32-23-6-5-21(9-22(23)25)33-24(2,26)27/h3-6,9,11-13,16,18H,7-8,10,14-15H2,1-2H3/t18-,25+/m1/s1. The Kier molecular flexibility index (Phi) is 4.38. The summed E-state index contributed by atoms with van der Waals surface area (Å²) in [4.78, 5) is 8.93. The molecule has 2 aromatic rings. The average Bonchev–Trinajstić information content (AvgIpc) is 3.33. The van der Waals surface area contributed by atoms with Gasteiger partial charge in [-0.25, -0.2) is 4.98 Å². The van der Waals surface area contributed by atoms with Gasteiger partial charge in [0.1, 0.15) is 11.5 Å². The molecule has 1 fully saturated rings. The molecule has 1 saturated carbocycles. The molecule has 172 valence electrons. The van der Waals surface area contributed by atoms with Gasteiger partial charge < -0.3 is 23.8 Å². The van der Waals surface area contributed by atoms with E-state index in [1.54, 1.807) is 18.2 Å². The molecule has 8 heteroatoms. The molecule has 0 amide bonds. The van der Waals surface area contributed by atoms with E-state index in [1.165, 1.54) is 0 Å². The maximum Gasteiger partial charge on any atom is 0.394 e. The van der Waals surface area contributed by atoms with Crippen molar-refractivity contribution in [2.75, 3.05) is 26.2 Å². The highest BCUT2D eigenvalue weighted by Gasteiger charge is 2.59. The van der Waals surface area contributed by atoms with Gasteiger partial charge >= 0.3 is 6.11 Å². The average molecular weight is 453 g/mol.